The fraction of sp³-hybridized carbons (Fsp3) is 0.538. The molecule has 1 aromatic carbocycles. The Hall–Kier alpha value is -0.970. The van der Waals surface area contributed by atoms with E-state index in [4.69, 9.17) is 21.1 Å². The second kappa shape index (κ2) is 6.27. The van der Waals surface area contributed by atoms with E-state index in [1.807, 2.05) is 18.2 Å². The number of anilines is 1. The van der Waals surface area contributed by atoms with Crippen LogP contribution in [0.15, 0.2) is 18.2 Å². The number of nitrogens with one attached hydrogen (secondary N) is 1. The smallest absolute Gasteiger partial charge is 0.137 e. The van der Waals surface area contributed by atoms with Crippen molar-refractivity contribution in [3.8, 4) is 5.75 Å². The summed E-state index contributed by atoms with van der Waals surface area (Å²) in [5.41, 5.74) is 0.984. The van der Waals surface area contributed by atoms with Crippen LogP contribution in [0.25, 0.3) is 0 Å². The first-order chi connectivity index (χ1) is 8.69. The number of hydrogen-bond acceptors (Lipinski definition) is 4. The lowest BCUT2D eigenvalue weighted by Gasteiger charge is -2.30. The maximum atomic E-state index is 6.07. The lowest BCUT2D eigenvalue weighted by Crippen LogP contribution is -2.43. The van der Waals surface area contributed by atoms with Gasteiger partial charge in [0.15, 0.2) is 0 Å². The SMILES string of the molecule is COc1ccc(NCC2CN(C)CCO2)cc1Cl. The highest BCUT2D eigenvalue weighted by Crippen LogP contribution is 2.27. The Morgan fingerprint density at radius 1 is 1.56 bits per heavy atom. The van der Waals surface area contributed by atoms with Crippen LogP contribution in [0.4, 0.5) is 5.69 Å². The number of nitrogens with zero attached hydrogens (tertiary/aromatic N) is 1. The van der Waals surface area contributed by atoms with Gasteiger partial charge in [0.2, 0.25) is 0 Å². The third-order valence-electron chi connectivity index (χ3n) is 3.03. The maximum Gasteiger partial charge on any atom is 0.137 e. The van der Waals surface area contributed by atoms with E-state index in [-0.39, 0.29) is 6.10 Å². The van der Waals surface area contributed by atoms with E-state index in [2.05, 4.69) is 17.3 Å². The molecule has 18 heavy (non-hydrogen) atoms. The van der Waals surface area contributed by atoms with Crippen LogP contribution in [0, 0.1) is 0 Å². The number of morpholine rings is 1. The summed E-state index contributed by atoms with van der Waals surface area (Å²) in [5, 5.41) is 3.95. The zero-order valence-electron chi connectivity index (χ0n) is 10.8. The van der Waals surface area contributed by atoms with Gasteiger partial charge in [-0.15, -0.1) is 0 Å². The molecule has 1 heterocycles. The van der Waals surface area contributed by atoms with E-state index in [1.54, 1.807) is 7.11 Å². The molecule has 1 saturated heterocycles. The van der Waals surface area contributed by atoms with Crippen LogP contribution in [0.2, 0.25) is 5.02 Å². The molecule has 1 fully saturated rings. The zero-order chi connectivity index (χ0) is 13.0. The lowest BCUT2D eigenvalue weighted by atomic mass is 10.2. The summed E-state index contributed by atoms with van der Waals surface area (Å²) in [5.74, 6) is 0.691. The summed E-state index contributed by atoms with van der Waals surface area (Å²) >= 11 is 6.07. The van der Waals surface area contributed by atoms with Gasteiger partial charge >= 0.3 is 0 Å². The molecule has 0 bridgehead atoms. The topological polar surface area (TPSA) is 33.7 Å². The summed E-state index contributed by atoms with van der Waals surface area (Å²) < 4.78 is 10.8. The Bertz CT molecular complexity index is 401. The molecule has 1 unspecified atom stereocenters. The van der Waals surface area contributed by atoms with Crippen molar-refractivity contribution in [2.24, 2.45) is 0 Å². The molecule has 0 amide bonds. The molecular weight excluding hydrogens is 252 g/mol. The van der Waals surface area contributed by atoms with Gasteiger partial charge in [-0.05, 0) is 25.2 Å². The first kappa shape index (κ1) is 13.5. The van der Waals surface area contributed by atoms with Gasteiger partial charge in [-0.1, -0.05) is 11.6 Å². The van der Waals surface area contributed by atoms with E-state index >= 15 is 0 Å². The summed E-state index contributed by atoms with van der Waals surface area (Å²) in [6.07, 6.45) is 0.227. The molecule has 1 aromatic rings. The van der Waals surface area contributed by atoms with Crippen LogP contribution in [0.1, 0.15) is 0 Å². The van der Waals surface area contributed by atoms with Crippen LogP contribution in [0.5, 0.6) is 5.75 Å². The van der Waals surface area contributed by atoms with Crippen molar-refractivity contribution in [2.45, 2.75) is 6.10 Å². The summed E-state index contributed by atoms with van der Waals surface area (Å²) in [6, 6.07) is 5.68. The van der Waals surface area contributed by atoms with Crippen LogP contribution in [-0.4, -0.2) is 51.4 Å². The largest absolute Gasteiger partial charge is 0.495 e. The second-order valence-corrected chi connectivity index (χ2v) is 4.89. The average molecular weight is 271 g/mol. The highest BCUT2D eigenvalue weighted by Gasteiger charge is 2.17. The van der Waals surface area contributed by atoms with Gasteiger partial charge in [-0.2, -0.15) is 0 Å². The van der Waals surface area contributed by atoms with Gasteiger partial charge < -0.3 is 19.7 Å². The molecule has 5 heteroatoms. The van der Waals surface area contributed by atoms with E-state index < -0.39 is 0 Å². The predicted octanol–water partition coefficient (Wildman–Crippen LogP) is 2.09. The Kier molecular flexibility index (Phi) is 4.69. The van der Waals surface area contributed by atoms with Crippen LogP contribution in [-0.2, 0) is 4.74 Å². The van der Waals surface area contributed by atoms with Crippen molar-refractivity contribution in [3.05, 3.63) is 23.2 Å². The van der Waals surface area contributed by atoms with Crippen molar-refractivity contribution in [3.63, 3.8) is 0 Å². The molecule has 2 rings (SSSR count). The zero-order valence-corrected chi connectivity index (χ0v) is 11.5. The van der Waals surface area contributed by atoms with Gasteiger partial charge in [0.25, 0.3) is 0 Å². The number of ether oxygens (including phenoxy) is 2. The Balaban J connectivity index is 1.88. The van der Waals surface area contributed by atoms with Crippen LogP contribution >= 0.6 is 11.6 Å². The van der Waals surface area contributed by atoms with Crippen molar-refractivity contribution >= 4 is 17.3 Å². The molecule has 1 aliphatic rings. The van der Waals surface area contributed by atoms with E-state index in [0.717, 1.165) is 31.9 Å². The van der Waals surface area contributed by atoms with Gasteiger partial charge in [0.05, 0.1) is 24.8 Å². The number of benzene rings is 1. The highest BCUT2D eigenvalue weighted by atomic mass is 35.5. The van der Waals surface area contributed by atoms with E-state index in [9.17, 15) is 0 Å². The minimum atomic E-state index is 0.227. The monoisotopic (exact) mass is 270 g/mol. The van der Waals surface area contributed by atoms with Gasteiger partial charge in [0, 0.05) is 25.3 Å². The molecule has 100 valence electrons. The molecule has 1 aliphatic heterocycles. The number of likely N-dealkylation sites (N-methyl/N-ethyl adjacent to an activating group) is 1. The fourth-order valence-electron chi connectivity index (χ4n) is 2.00. The average Bonchev–Trinajstić information content (AvgIpc) is 2.37. The maximum absolute atomic E-state index is 6.07. The van der Waals surface area contributed by atoms with Gasteiger partial charge in [-0.3, -0.25) is 0 Å². The lowest BCUT2D eigenvalue weighted by molar-refractivity contribution is -0.0117. The Morgan fingerprint density at radius 2 is 2.39 bits per heavy atom. The van der Waals surface area contributed by atoms with Crippen molar-refractivity contribution < 1.29 is 9.47 Å². The predicted molar refractivity (Wildman–Crippen MR) is 73.7 cm³/mol. The molecule has 0 aliphatic carbocycles. The molecular formula is C13H19ClN2O2. The third-order valence-corrected chi connectivity index (χ3v) is 3.32. The number of halogens is 1. The van der Waals surface area contributed by atoms with Gasteiger partial charge in [0.1, 0.15) is 5.75 Å². The number of hydrogen-bond donors (Lipinski definition) is 1. The summed E-state index contributed by atoms with van der Waals surface area (Å²) in [6.45, 7) is 3.54. The first-order valence-corrected chi connectivity index (χ1v) is 6.44. The third kappa shape index (κ3) is 3.51. The van der Waals surface area contributed by atoms with E-state index in [1.165, 1.54) is 0 Å². The summed E-state index contributed by atoms with van der Waals surface area (Å²) in [7, 11) is 3.72. The quantitative estimate of drug-likeness (QED) is 0.908. The van der Waals surface area contributed by atoms with Crippen LogP contribution in [0.3, 0.4) is 0 Å². The van der Waals surface area contributed by atoms with Gasteiger partial charge in [-0.25, -0.2) is 0 Å². The second-order valence-electron chi connectivity index (χ2n) is 4.49. The molecule has 0 spiro atoms. The van der Waals surface area contributed by atoms with E-state index in [0.29, 0.717) is 10.8 Å². The minimum Gasteiger partial charge on any atom is -0.495 e. The molecule has 0 radical (unpaired) electrons. The Labute approximate surface area is 113 Å². The molecule has 0 aromatic heterocycles. The van der Waals surface area contributed by atoms with Crippen LogP contribution < -0.4 is 10.1 Å². The molecule has 4 nitrogen and oxygen atoms in total. The molecule has 0 saturated carbocycles. The summed E-state index contributed by atoms with van der Waals surface area (Å²) in [4.78, 5) is 2.27. The Morgan fingerprint density at radius 3 is 3.06 bits per heavy atom. The standard InChI is InChI=1S/C13H19ClN2O2/c1-16-5-6-18-11(9-16)8-15-10-3-4-13(17-2)12(14)7-10/h3-4,7,11,15H,5-6,8-9H2,1-2H3. The fourth-order valence-corrected chi connectivity index (χ4v) is 2.26. The normalized spacial score (nSPS) is 20.7. The highest BCUT2D eigenvalue weighted by molar-refractivity contribution is 6.32. The minimum absolute atomic E-state index is 0.227. The molecule has 1 atom stereocenters. The van der Waals surface area contributed by atoms with Crippen molar-refractivity contribution in [1.82, 2.24) is 4.90 Å². The van der Waals surface area contributed by atoms with Crippen molar-refractivity contribution in [1.29, 1.82) is 0 Å². The number of methoxy groups -OCH3 is 1. The van der Waals surface area contributed by atoms with Crippen molar-refractivity contribution in [2.75, 3.05) is 45.7 Å². The number of rotatable bonds is 4. The first-order valence-electron chi connectivity index (χ1n) is 6.06. The molecule has 1 N–H and O–H groups in total.